The average molecular weight is 307 g/mol. The molecule has 0 aliphatic carbocycles. The van der Waals surface area contributed by atoms with Crippen LogP contribution >= 0.6 is 11.6 Å². The van der Waals surface area contributed by atoms with E-state index in [4.69, 9.17) is 11.6 Å². The molecule has 0 amide bonds. The Morgan fingerprint density at radius 1 is 1.33 bits per heavy atom. The van der Waals surface area contributed by atoms with Crippen molar-refractivity contribution in [3.63, 3.8) is 0 Å². The summed E-state index contributed by atoms with van der Waals surface area (Å²) in [5.74, 6) is 1.32. The summed E-state index contributed by atoms with van der Waals surface area (Å²) in [6.45, 7) is 7.26. The van der Waals surface area contributed by atoms with Crippen LogP contribution in [0.25, 0.3) is 22.7 Å². The molecule has 0 aliphatic rings. The van der Waals surface area contributed by atoms with E-state index >= 15 is 0 Å². The van der Waals surface area contributed by atoms with Gasteiger partial charge in [0.2, 0.25) is 0 Å². The van der Waals surface area contributed by atoms with Crippen LogP contribution in [0.3, 0.4) is 0 Å². The van der Waals surface area contributed by atoms with Crippen LogP contribution in [0.1, 0.15) is 26.0 Å². The second kappa shape index (κ2) is 5.18. The molecule has 3 aromatic rings. The summed E-state index contributed by atoms with van der Waals surface area (Å²) in [4.78, 5) is 7.93. The smallest absolute Gasteiger partial charge is 0.177 e. The monoisotopic (exact) mass is 306 g/mol. The number of fused-ring (bicyclic) bond motifs is 1. The number of hydrogen-bond donors (Lipinski definition) is 1. The molecule has 0 aliphatic heterocycles. The van der Waals surface area contributed by atoms with Gasteiger partial charge < -0.3 is 4.98 Å². The first-order chi connectivity index (χ1) is 9.95. The lowest BCUT2D eigenvalue weighted by atomic mass is 10.1. The first kappa shape index (κ1) is 14.1. The number of nitrogens with one attached hydrogen (secondary N) is 1. The van der Waals surface area contributed by atoms with Crippen LogP contribution in [0.4, 0.5) is 0 Å². The zero-order valence-electron chi connectivity index (χ0n) is 12.7. The Bertz CT molecular complexity index is 779. The number of imidazole rings is 1. The highest BCUT2D eigenvalue weighted by atomic mass is 35.5. The van der Waals surface area contributed by atoms with Crippen molar-refractivity contribution in [3.8, 4) is 11.5 Å². The van der Waals surface area contributed by atoms with Gasteiger partial charge in [-0.1, -0.05) is 25.4 Å². The molecular weight excluding hydrogens is 288 g/mol. The number of aryl methyl sites for hydroxylation is 3. The van der Waals surface area contributed by atoms with E-state index in [2.05, 4.69) is 34.0 Å². The van der Waals surface area contributed by atoms with E-state index in [0.29, 0.717) is 22.5 Å². The van der Waals surface area contributed by atoms with Gasteiger partial charge in [-0.25, -0.2) is 9.67 Å². The van der Waals surface area contributed by atoms with Crippen LogP contribution in [0, 0.1) is 12.8 Å². The molecule has 0 saturated heterocycles. The molecule has 0 saturated carbocycles. The second-order valence-electron chi connectivity index (χ2n) is 5.77. The highest BCUT2D eigenvalue weighted by Gasteiger charge is 2.17. The minimum absolute atomic E-state index is 0.591. The van der Waals surface area contributed by atoms with Crippen LogP contribution in [0.5, 0.6) is 0 Å². The maximum absolute atomic E-state index is 6.19. The van der Waals surface area contributed by atoms with E-state index in [1.54, 1.807) is 10.9 Å². The van der Waals surface area contributed by atoms with E-state index in [1.807, 2.05) is 18.7 Å². The van der Waals surface area contributed by atoms with Gasteiger partial charge in [0, 0.05) is 19.8 Å². The van der Waals surface area contributed by atoms with E-state index < -0.39 is 0 Å². The highest BCUT2D eigenvalue weighted by Crippen LogP contribution is 2.27. The quantitative estimate of drug-likeness (QED) is 0.805. The molecule has 3 aromatic heterocycles. The summed E-state index contributed by atoms with van der Waals surface area (Å²) in [5.41, 5.74) is 3.44. The normalized spacial score (nSPS) is 11.9. The van der Waals surface area contributed by atoms with E-state index in [-0.39, 0.29) is 0 Å². The number of aromatic amines is 1. The standard InChI is InChI=1S/C14H19ClN6/c1-8(2)5-6-21-14-11(9(3)18-21)16-13(17-14)12-10(15)7-20(4)19-12/h7-8H,5-6H2,1-4H3,(H,16,17). The van der Waals surface area contributed by atoms with Crippen molar-refractivity contribution in [2.75, 3.05) is 0 Å². The first-order valence-corrected chi connectivity index (χ1v) is 7.46. The lowest BCUT2D eigenvalue weighted by Crippen LogP contribution is -2.04. The number of H-pyrrole nitrogens is 1. The molecule has 0 unspecified atom stereocenters. The summed E-state index contributed by atoms with van der Waals surface area (Å²) in [6.07, 6.45) is 2.84. The number of aromatic nitrogens is 6. The van der Waals surface area contributed by atoms with Crippen LogP contribution in [-0.4, -0.2) is 29.5 Å². The fourth-order valence-corrected chi connectivity index (χ4v) is 2.62. The summed E-state index contributed by atoms with van der Waals surface area (Å²) in [6, 6.07) is 0. The number of halogens is 1. The molecule has 0 aromatic carbocycles. The van der Waals surface area contributed by atoms with E-state index in [9.17, 15) is 0 Å². The van der Waals surface area contributed by atoms with Crippen LogP contribution in [0.15, 0.2) is 6.20 Å². The molecule has 0 atom stereocenters. The number of nitrogens with zero attached hydrogens (tertiary/aromatic N) is 5. The highest BCUT2D eigenvalue weighted by molar-refractivity contribution is 6.32. The molecule has 0 bridgehead atoms. The van der Waals surface area contributed by atoms with Gasteiger partial charge in [0.15, 0.2) is 11.5 Å². The molecule has 0 spiro atoms. The molecule has 1 N–H and O–H groups in total. The predicted molar refractivity (Wildman–Crippen MR) is 83.3 cm³/mol. The fourth-order valence-electron chi connectivity index (χ4n) is 2.35. The SMILES string of the molecule is Cc1nn(CCC(C)C)c2nc(-c3nn(C)cc3Cl)[nH]c12. The Morgan fingerprint density at radius 2 is 2.10 bits per heavy atom. The molecule has 3 rings (SSSR count). The maximum atomic E-state index is 6.19. The van der Waals surface area contributed by atoms with Gasteiger partial charge in [-0.2, -0.15) is 10.2 Å². The Morgan fingerprint density at radius 3 is 2.71 bits per heavy atom. The number of rotatable bonds is 4. The van der Waals surface area contributed by atoms with Gasteiger partial charge in [0.25, 0.3) is 0 Å². The zero-order valence-corrected chi connectivity index (χ0v) is 13.4. The molecule has 21 heavy (non-hydrogen) atoms. The summed E-state index contributed by atoms with van der Waals surface area (Å²) in [7, 11) is 1.84. The Balaban J connectivity index is 2.03. The maximum Gasteiger partial charge on any atom is 0.177 e. The summed E-state index contributed by atoms with van der Waals surface area (Å²) >= 11 is 6.19. The van der Waals surface area contributed by atoms with Crippen molar-refractivity contribution < 1.29 is 0 Å². The molecule has 6 nitrogen and oxygen atoms in total. The van der Waals surface area contributed by atoms with Gasteiger partial charge in [-0.15, -0.1) is 0 Å². The van der Waals surface area contributed by atoms with E-state index in [1.165, 1.54) is 0 Å². The van der Waals surface area contributed by atoms with E-state index in [0.717, 1.165) is 29.8 Å². The molecular formula is C14H19ClN6. The Labute approximate surface area is 128 Å². The lowest BCUT2D eigenvalue weighted by molar-refractivity contribution is 0.493. The molecule has 112 valence electrons. The first-order valence-electron chi connectivity index (χ1n) is 7.08. The van der Waals surface area contributed by atoms with Gasteiger partial charge >= 0.3 is 0 Å². The topological polar surface area (TPSA) is 64.3 Å². The van der Waals surface area contributed by atoms with Gasteiger partial charge in [0.05, 0.1) is 10.7 Å². The van der Waals surface area contributed by atoms with Crippen molar-refractivity contribution in [2.45, 2.75) is 33.7 Å². The van der Waals surface area contributed by atoms with Gasteiger partial charge in [0.1, 0.15) is 11.2 Å². The molecule has 3 heterocycles. The van der Waals surface area contributed by atoms with Gasteiger partial charge in [-0.3, -0.25) is 4.68 Å². The summed E-state index contributed by atoms with van der Waals surface area (Å²) in [5, 5.41) is 9.49. The van der Waals surface area contributed by atoms with Crippen LogP contribution < -0.4 is 0 Å². The lowest BCUT2D eigenvalue weighted by Gasteiger charge is -2.04. The largest absolute Gasteiger partial charge is 0.334 e. The van der Waals surface area contributed by atoms with Crippen molar-refractivity contribution in [1.29, 1.82) is 0 Å². The molecule has 0 radical (unpaired) electrons. The zero-order chi connectivity index (χ0) is 15.1. The van der Waals surface area contributed by atoms with Crippen molar-refractivity contribution in [1.82, 2.24) is 29.5 Å². The Hall–Kier alpha value is -1.82. The minimum atomic E-state index is 0.591. The van der Waals surface area contributed by atoms with Crippen LogP contribution in [0.2, 0.25) is 5.02 Å². The third-order valence-corrected chi connectivity index (χ3v) is 3.77. The molecule has 0 fully saturated rings. The minimum Gasteiger partial charge on any atom is -0.334 e. The van der Waals surface area contributed by atoms with Gasteiger partial charge in [-0.05, 0) is 19.3 Å². The second-order valence-corrected chi connectivity index (χ2v) is 6.18. The third-order valence-electron chi connectivity index (χ3n) is 3.49. The Kier molecular flexibility index (Phi) is 3.49. The van der Waals surface area contributed by atoms with Crippen molar-refractivity contribution in [3.05, 3.63) is 16.9 Å². The fraction of sp³-hybridized carbons (Fsp3) is 0.500. The van der Waals surface area contributed by atoms with Crippen molar-refractivity contribution in [2.24, 2.45) is 13.0 Å². The average Bonchev–Trinajstić information content (AvgIpc) is 3.03. The van der Waals surface area contributed by atoms with Crippen molar-refractivity contribution >= 4 is 22.8 Å². The molecule has 7 heteroatoms. The third kappa shape index (κ3) is 2.55. The summed E-state index contributed by atoms with van der Waals surface area (Å²) < 4.78 is 3.64. The predicted octanol–water partition coefficient (Wildman–Crippen LogP) is 3.17. The van der Waals surface area contributed by atoms with Crippen LogP contribution in [-0.2, 0) is 13.6 Å². The number of hydrogen-bond acceptors (Lipinski definition) is 3.